The molecule has 0 spiro atoms. The summed E-state index contributed by atoms with van der Waals surface area (Å²) in [6.45, 7) is 15.2. The number of carbonyl (C=O) groups is 5. The van der Waals surface area contributed by atoms with Crippen molar-refractivity contribution in [3.63, 3.8) is 0 Å². The van der Waals surface area contributed by atoms with Crippen LogP contribution in [0.5, 0.6) is 0 Å². The minimum absolute atomic E-state index is 0.138. The number of rotatable bonds is 15. The average Bonchev–Trinajstić information content (AvgIpc) is 3.33. The van der Waals surface area contributed by atoms with E-state index in [0.717, 1.165) is 18.1 Å². The van der Waals surface area contributed by atoms with Gasteiger partial charge in [0.05, 0.1) is 30.2 Å². The summed E-state index contributed by atoms with van der Waals surface area (Å²) in [5, 5.41) is 42.4. The maximum absolute atomic E-state index is 14.7. The molecule has 0 radical (unpaired) electrons. The number of esters is 4. The third kappa shape index (κ3) is 9.08. The molecule has 372 valence electrons. The lowest BCUT2D eigenvalue weighted by atomic mass is 9.44. The molecule has 3 aromatic rings. The van der Waals surface area contributed by atoms with Crippen LogP contribution in [0.25, 0.3) is 0 Å². The number of nitrogens with one attached hydrogen (secondary N) is 1. The second-order valence-corrected chi connectivity index (χ2v) is 24.6. The minimum atomic E-state index is -2.60. The van der Waals surface area contributed by atoms with Crippen molar-refractivity contribution in [3.8, 4) is 0 Å². The molecule has 4 N–H and O–H groups in total. The molecule has 1 heterocycles. The molecule has 3 aliphatic carbocycles. The highest BCUT2D eigenvalue weighted by Gasteiger charge is 2.78. The highest BCUT2D eigenvalue weighted by molar-refractivity contribution is 6.73. The standard InChI is InChI=1S/C53H67NO14Si/c1-10-69(11-2,12-3)68-38-28-39-52(30-63-39,67-33(6)56)44-46(66-48(60)36-26-20-15-21-27-36)53(62)29-37(31(4)40(50(53,7)8)43(64-32(5)55)45(58)51(38,44)9)65-49(61)42(57)41(34-22-16-13-17-23-34)54-47(59)35-24-18-14-19-25-35/h13-27,37-39,41-46,57-58,62H,10-12,28-30H2,1-9H3,(H,54,59)/t37?,38?,39-,41+,42-,43+,44+,45+,46+,51-,52+,53-/m1/s1. The molecule has 69 heavy (non-hydrogen) atoms. The Kier molecular flexibility index (Phi) is 14.9. The largest absolute Gasteiger partial charge is 0.456 e. The molecule has 16 heteroatoms. The number of aliphatic hydroxyl groups excluding tert-OH is 2. The van der Waals surface area contributed by atoms with E-state index in [-0.39, 0.29) is 29.7 Å². The van der Waals surface area contributed by atoms with Gasteiger partial charge >= 0.3 is 23.9 Å². The third-order valence-electron chi connectivity index (χ3n) is 16.0. The van der Waals surface area contributed by atoms with Gasteiger partial charge in [0.15, 0.2) is 26.1 Å². The number of benzene rings is 3. The fourth-order valence-electron chi connectivity index (χ4n) is 11.9. The topological polar surface area (TPSA) is 213 Å². The van der Waals surface area contributed by atoms with Crippen LogP contribution >= 0.6 is 0 Å². The SMILES string of the molecule is CC[Si](CC)(CC)OC1C[C@H]2OC[C@@]2(OC(C)=O)[C@H]2[C@H](OC(=O)c3ccccc3)[C@]3(O)CC(OC(=O)[C@H](O)[C@@H](NC(=O)c4ccccc4)c4ccccc4)C(C)=C([C@H](OC(C)=O)[C@H](O)[C@]12C)C3(C)C. The van der Waals surface area contributed by atoms with Gasteiger partial charge in [0.2, 0.25) is 0 Å². The van der Waals surface area contributed by atoms with Crippen molar-refractivity contribution in [2.24, 2.45) is 16.7 Å². The summed E-state index contributed by atoms with van der Waals surface area (Å²) in [6.07, 6.45) is -10.4. The number of fused-ring (bicyclic) bond motifs is 5. The van der Waals surface area contributed by atoms with Gasteiger partial charge in [-0.15, -0.1) is 0 Å². The Morgan fingerprint density at radius 3 is 1.90 bits per heavy atom. The van der Waals surface area contributed by atoms with Gasteiger partial charge in [-0.3, -0.25) is 14.4 Å². The van der Waals surface area contributed by atoms with Gasteiger partial charge in [0, 0.05) is 43.1 Å². The predicted molar refractivity (Wildman–Crippen MR) is 255 cm³/mol. The Morgan fingerprint density at radius 1 is 0.812 bits per heavy atom. The van der Waals surface area contributed by atoms with Crippen molar-refractivity contribution >= 4 is 38.1 Å². The Labute approximate surface area is 405 Å². The lowest BCUT2D eigenvalue weighted by Crippen LogP contribution is -2.83. The quantitative estimate of drug-likeness (QED) is 0.0550. The lowest BCUT2D eigenvalue weighted by molar-refractivity contribution is -0.363. The molecule has 2 unspecified atom stereocenters. The predicted octanol–water partition coefficient (Wildman–Crippen LogP) is 6.56. The van der Waals surface area contributed by atoms with E-state index in [0.29, 0.717) is 11.1 Å². The van der Waals surface area contributed by atoms with Gasteiger partial charge in [-0.05, 0) is 66.0 Å². The zero-order valence-electron chi connectivity index (χ0n) is 40.9. The Balaban J connectivity index is 1.44. The van der Waals surface area contributed by atoms with E-state index in [4.69, 9.17) is 28.1 Å². The monoisotopic (exact) mass is 969 g/mol. The first-order chi connectivity index (χ1) is 32.6. The molecule has 1 saturated heterocycles. The van der Waals surface area contributed by atoms with E-state index < -0.39 is 121 Å². The van der Waals surface area contributed by atoms with Gasteiger partial charge < -0.3 is 48.7 Å². The Bertz CT molecular complexity index is 2400. The molecule has 1 amide bonds. The summed E-state index contributed by atoms with van der Waals surface area (Å²) < 4.78 is 39.2. The van der Waals surface area contributed by atoms with E-state index in [1.54, 1.807) is 119 Å². The first-order valence-corrected chi connectivity index (χ1v) is 26.5. The van der Waals surface area contributed by atoms with E-state index in [9.17, 15) is 39.3 Å². The number of aliphatic hydroxyl groups is 3. The molecular weight excluding hydrogens is 903 g/mol. The number of carbonyl (C=O) groups excluding carboxylic acids is 5. The summed E-state index contributed by atoms with van der Waals surface area (Å²) in [5.41, 5.74) is -5.88. The second-order valence-electron chi connectivity index (χ2n) is 19.9. The van der Waals surface area contributed by atoms with Gasteiger partial charge in [0.25, 0.3) is 5.91 Å². The molecule has 12 atom stereocenters. The molecular formula is C53H67NO14Si. The zero-order chi connectivity index (χ0) is 50.3. The minimum Gasteiger partial charge on any atom is -0.456 e. The normalized spacial score (nSPS) is 31.2. The molecule has 15 nitrogen and oxygen atoms in total. The fourth-order valence-corrected chi connectivity index (χ4v) is 14.8. The van der Waals surface area contributed by atoms with Gasteiger partial charge in [-0.1, -0.05) is 108 Å². The lowest BCUT2D eigenvalue weighted by Gasteiger charge is -2.70. The molecule has 7 rings (SSSR count). The molecule has 0 aromatic heterocycles. The second kappa shape index (κ2) is 19.9. The molecule has 2 bridgehead atoms. The zero-order valence-corrected chi connectivity index (χ0v) is 41.9. The van der Waals surface area contributed by atoms with Crippen LogP contribution in [0, 0.1) is 16.7 Å². The van der Waals surface area contributed by atoms with Crippen molar-refractivity contribution in [1.29, 1.82) is 0 Å². The first-order valence-electron chi connectivity index (χ1n) is 24.0. The Morgan fingerprint density at radius 2 is 1.38 bits per heavy atom. The first kappa shape index (κ1) is 51.6. The molecule has 3 fully saturated rings. The fraction of sp³-hybridized carbons (Fsp3) is 0.528. The Hall–Kier alpha value is -5.23. The molecule has 4 aliphatic rings. The van der Waals surface area contributed by atoms with Crippen LogP contribution < -0.4 is 5.32 Å². The van der Waals surface area contributed by atoms with Crippen molar-refractivity contribution in [2.45, 2.75) is 153 Å². The highest BCUT2D eigenvalue weighted by atomic mass is 28.4. The van der Waals surface area contributed by atoms with E-state index in [1.807, 2.05) is 0 Å². The van der Waals surface area contributed by atoms with Gasteiger partial charge in [0.1, 0.15) is 30.0 Å². The van der Waals surface area contributed by atoms with Crippen LogP contribution in [0.3, 0.4) is 0 Å². The third-order valence-corrected chi connectivity index (χ3v) is 20.7. The van der Waals surface area contributed by atoms with Crippen molar-refractivity contribution < 1.29 is 67.4 Å². The summed E-state index contributed by atoms with van der Waals surface area (Å²) in [6, 6.07) is 25.7. The summed E-state index contributed by atoms with van der Waals surface area (Å²) in [5.74, 6) is -5.37. The number of hydrogen-bond acceptors (Lipinski definition) is 14. The summed E-state index contributed by atoms with van der Waals surface area (Å²) in [7, 11) is -2.60. The average molecular weight is 970 g/mol. The molecule has 1 aliphatic heterocycles. The maximum Gasteiger partial charge on any atom is 0.338 e. The molecule has 2 saturated carbocycles. The number of amides is 1. The van der Waals surface area contributed by atoms with Crippen molar-refractivity contribution in [3.05, 3.63) is 119 Å². The van der Waals surface area contributed by atoms with Crippen LogP contribution in [-0.4, -0.2) is 114 Å². The summed E-state index contributed by atoms with van der Waals surface area (Å²) >= 11 is 0. The van der Waals surface area contributed by atoms with E-state index in [1.165, 1.54) is 13.8 Å². The van der Waals surface area contributed by atoms with Gasteiger partial charge in [-0.2, -0.15) is 0 Å². The van der Waals surface area contributed by atoms with Crippen LogP contribution in [-0.2, 0) is 42.5 Å². The maximum atomic E-state index is 14.7. The van der Waals surface area contributed by atoms with Crippen LogP contribution in [0.15, 0.2) is 102 Å². The number of ether oxygens (including phenoxy) is 5. The van der Waals surface area contributed by atoms with E-state index in [2.05, 4.69) is 26.1 Å². The van der Waals surface area contributed by atoms with Crippen LogP contribution in [0.2, 0.25) is 18.1 Å². The smallest absolute Gasteiger partial charge is 0.338 e. The van der Waals surface area contributed by atoms with Crippen LogP contribution in [0.4, 0.5) is 0 Å². The van der Waals surface area contributed by atoms with Crippen LogP contribution in [0.1, 0.15) is 107 Å². The highest BCUT2D eigenvalue weighted by Crippen LogP contribution is 2.66. The van der Waals surface area contributed by atoms with Crippen molar-refractivity contribution in [1.82, 2.24) is 5.32 Å². The number of hydrogen-bond donors (Lipinski definition) is 4. The summed E-state index contributed by atoms with van der Waals surface area (Å²) in [4.78, 5) is 69.7. The molecule has 3 aromatic carbocycles. The van der Waals surface area contributed by atoms with Gasteiger partial charge in [-0.25, -0.2) is 9.59 Å². The van der Waals surface area contributed by atoms with Crippen molar-refractivity contribution in [2.75, 3.05) is 6.61 Å². The van der Waals surface area contributed by atoms with E-state index >= 15 is 0 Å².